The van der Waals surface area contributed by atoms with Crippen LogP contribution in [-0.4, -0.2) is 5.43 Å². The van der Waals surface area contributed by atoms with Gasteiger partial charge in [-0.15, -0.1) is 68.6 Å². The van der Waals surface area contributed by atoms with Gasteiger partial charge in [0.1, 0.15) is 0 Å². The second-order valence-electron chi connectivity index (χ2n) is 12.9. The second kappa shape index (κ2) is 17.1. The zero-order valence-electron chi connectivity index (χ0n) is 28.8. The molecule has 0 aliphatic carbocycles. The standard InChI is InChI=1S/C21H17.C20H21.C2H6Si.2ClH.Zr/c1-14-12-20-15(2)10-11-19(21(20)13-14)18-9-5-7-16-6-3-4-8-17(16)18;1-13(2)17-11-16-6-5-7-19(20(16)12-17)18-9-8-14(3)10-15(18)4;1-3-2;;;/h3-13H,1-2H3;5-13H,1-4H3;1-2H3;2*1H;/q2*-1;;;;+2/p-2. The summed E-state index contributed by atoms with van der Waals surface area (Å²) in [5.41, 5.74) is 12.4. The van der Waals surface area contributed by atoms with E-state index in [2.05, 4.69) is 170 Å². The van der Waals surface area contributed by atoms with Crippen molar-refractivity contribution in [1.29, 1.82) is 0 Å². The third-order valence-corrected chi connectivity index (χ3v) is 8.44. The van der Waals surface area contributed by atoms with Crippen molar-refractivity contribution in [3.8, 4) is 22.3 Å². The maximum atomic E-state index is 2.36. The van der Waals surface area contributed by atoms with Gasteiger partial charge in [-0.3, -0.25) is 0 Å². The number of aryl methyl sites for hydroxylation is 4. The van der Waals surface area contributed by atoms with E-state index in [0.29, 0.717) is 5.92 Å². The molecule has 0 atom stereocenters. The fourth-order valence-electron chi connectivity index (χ4n) is 6.23. The van der Waals surface area contributed by atoms with E-state index in [9.17, 15) is 0 Å². The van der Waals surface area contributed by atoms with E-state index in [1.807, 2.05) is 0 Å². The molecule has 0 amide bonds. The van der Waals surface area contributed by atoms with Gasteiger partial charge in [0.15, 0.2) is 0 Å². The fourth-order valence-corrected chi connectivity index (χ4v) is 6.23. The molecular formula is C43H44Cl2SiZr-2. The molecule has 0 aliphatic rings. The van der Waals surface area contributed by atoms with Gasteiger partial charge < -0.3 is 24.8 Å². The summed E-state index contributed by atoms with van der Waals surface area (Å²) in [5.74, 6) is 0.578. The van der Waals surface area contributed by atoms with E-state index in [4.69, 9.17) is 0 Å². The molecule has 7 aromatic rings. The Kier molecular flexibility index (Phi) is 14.1. The molecule has 7 aromatic carbocycles. The zero-order chi connectivity index (χ0) is 32.2. The van der Waals surface area contributed by atoms with E-state index in [1.54, 1.807) is 23.3 Å². The van der Waals surface area contributed by atoms with Crippen molar-refractivity contribution < 1.29 is 48.1 Å². The maximum Gasteiger partial charge on any atom is -0.0114 e. The summed E-state index contributed by atoms with van der Waals surface area (Å²) in [5, 5.41) is 8.09. The first-order valence-corrected chi connectivity index (χ1v) is 22.2. The van der Waals surface area contributed by atoms with Crippen LogP contribution in [0.3, 0.4) is 0 Å². The monoisotopic (exact) mass is 748 g/mol. The summed E-state index contributed by atoms with van der Waals surface area (Å²) in [6.07, 6.45) is 0. The van der Waals surface area contributed by atoms with Crippen molar-refractivity contribution >= 4 is 37.8 Å². The van der Waals surface area contributed by atoms with Gasteiger partial charge in [-0.1, -0.05) is 117 Å². The largest absolute Gasteiger partial charge is 1.00 e. The van der Waals surface area contributed by atoms with Crippen LogP contribution in [0.25, 0.3) is 54.6 Å². The molecule has 4 heteroatoms. The minimum atomic E-state index is 0. The Balaban J connectivity index is 0.000000221. The van der Waals surface area contributed by atoms with Gasteiger partial charge in [0.05, 0.1) is 0 Å². The Morgan fingerprint density at radius 3 is 1.85 bits per heavy atom. The van der Waals surface area contributed by atoms with Gasteiger partial charge in [0, 0.05) is 0 Å². The van der Waals surface area contributed by atoms with E-state index in [-0.39, 0.29) is 30.2 Å². The molecule has 0 aromatic heterocycles. The zero-order valence-corrected chi connectivity index (χ0v) is 33.8. The number of rotatable bonds is 3. The Labute approximate surface area is 309 Å². The van der Waals surface area contributed by atoms with Crippen LogP contribution in [0.1, 0.15) is 47.6 Å². The van der Waals surface area contributed by atoms with Crippen molar-refractivity contribution in [2.75, 3.05) is 0 Å². The van der Waals surface area contributed by atoms with Crippen LogP contribution < -0.4 is 24.8 Å². The maximum absolute atomic E-state index is 2.36. The average molecular weight is 751 g/mol. The SMILES string of the molecule is C[Si](C)=[Zr+2].Cc1cc2c(-c3cccc4ccccc34)ccc(C)c2[cH-]1.Cc1ccc(-c2cccc3[cH-]c(C(C)C)cc23)c(C)c1.[Cl-].[Cl-]. The number of hydrogen-bond acceptors (Lipinski definition) is 0. The minimum absolute atomic E-state index is 0. The van der Waals surface area contributed by atoms with Crippen molar-refractivity contribution in [1.82, 2.24) is 0 Å². The van der Waals surface area contributed by atoms with Crippen LogP contribution in [0.15, 0.2) is 115 Å². The van der Waals surface area contributed by atoms with Crippen molar-refractivity contribution in [3.63, 3.8) is 0 Å². The van der Waals surface area contributed by atoms with E-state index < -0.39 is 0 Å². The number of hydrogen-bond donors (Lipinski definition) is 0. The first kappa shape index (κ1) is 38.7. The van der Waals surface area contributed by atoms with E-state index >= 15 is 0 Å². The summed E-state index contributed by atoms with van der Waals surface area (Å²) in [6.45, 7) is 17.8. The summed E-state index contributed by atoms with van der Waals surface area (Å²) < 4.78 is 0. The molecule has 0 bridgehead atoms. The molecule has 0 unspecified atom stereocenters. The average Bonchev–Trinajstić information content (AvgIpc) is 3.62. The topological polar surface area (TPSA) is 0 Å². The third kappa shape index (κ3) is 9.04. The Morgan fingerprint density at radius 1 is 0.574 bits per heavy atom. The third-order valence-electron chi connectivity index (χ3n) is 8.44. The molecule has 7 rings (SSSR count). The predicted molar refractivity (Wildman–Crippen MR) is 198 cm³/mol. The van der Waals surface area contributed by atoms with Crippen LogP contribution in [0.4, 0.5) is 0 Å². The number of halogens is 2. The number of benzene rings is 5. The van der Waals surface area contributed by atoms with Gasteiger partial charge in [0.2, 0.25) is 0 Å². The quantitative estimate of drug-likeness (QED) is 0.139. The van der Waals surface area contributed by atoms with Gasteiger partial charge in [-0.05, 0) is 47.2 Å². The van der Waals surface area contributed by atoms with Crippen LogP contribution in [0, 0.1) is 27.7 Å². The fraction of sp³-hybridized carbons (Fsp3) is 0.209. The molecule has 0 saturated carbocycles. The van der Waals surface area contributed by atoms with Gasteiger partial charge in [0.25, 0.3) is 0 Å². The molecule has 0 aliphatic heterocycles. The summed E-state index contributed by atoms with van der Waals surface area (Å²) in [7, 11) is 0. The summed E-state index contributed by atoms with van der Waals surface area (Å²) >= 11 is 1.74. The molecule has 0 fully saturated rings. The molecule has 47 heavy (non-hydrogen) atoms. The van der Waals surface area contributed by atoms with E-state index in [0.717, 1.165) is 0 Å². The molecular weight excluding hydrogens is 707 g/mol. The van der Waals surface area contributed by atoms with Crippen LogP contribution in [0.5, 0.6) is 0 Å². The predicted octanol–water partition coefficient (Wildman–Crippen LogP) is 6.75. The summed E-state index contributed by atoms with van der Waals surface area (Å²) in [4.78, 5) is 0. The molecule has 0 radical (unpaired) electrons. The van der Waals surface area contributed by atoms with Gasteiger partial charge in [-0.2, -0.15) is 12.1 Å². The van der Waals surface area contributed by atoms with Crippen LogP contribution in [-0.2, 0) is 23.3 Å². The van der Waals surface area contributed by atoms with Gasteiger partial charge >= 0.3 is 41.9 Å². The molecule has 0 heterocycles. The Hall–Kier alpha value is -2.74. The molecule has 240 valence electrons. The Bertz CT molecular complexity index is 2120. The molecule has 0 spiro atoms. The van der Waals surface area contributed by atoms with Gasteiger partial charge in [-0.25, -0.2) is 0 Å². The minimum Gasteiger partial charge on any atom is -1.00 e. The van der Waals surface area contributed by atoms with Crippen LogP contribution in [0.2, 0.25) is 13.1 Å². The first-order chi connectivity index (χ1) is 21.5. The summed E-state index contributed by atoms with van der Waals surface area (Å²) in [6, 6.07) is 42.3. The molecule has 0 nitrogen and oxygen atoms in total. The normalized spacial score (nSPS) is 10.5. The number of fused-ring (bicyclic) bond motifs is 3. The Morgan fingerprint density at radius 2 is 1.17 bits per heavy atom. The van der Waals surface area contributed by atoms with Crippen molar-refractivity contribution in [2.45, 2.75) is 60.6 Å². The van der Waals surface area contributed by atoms with Crippen molar-refractivity contribution in [2.24, 2.45) is 0 Å². The molecule has 0 N–H and O–H groups in total. The van der Waals surface area contributed by atoms with E-state index in [1.165, 1.54) is 82.4 Å². The second-order valence-corrected chi connectivity index (χ2v) is 22.3. The smallest absolute Gasteiger partial charge is 0.0114 e. The van der Waals surface area contributed by atoms with Crippen LogP contribution >= 0.6 is 0 Å². The molecule has 0 saturated heterocycles. The van der Waals surface area contributed by atoms with Crippen molar-refractivity contribution in [3.05, 3.63) is 143 Å². The first-order valence-electron chi connectivity index (χ1n) is 16.0.